The molecular weight excluding hydrogens is 454 g/mol. The zero-order valence-corrected chi connectivity index (χ0v) is 21.2. The quantitative estimate of drug-likeness (QED) is 0.389. The molecule has 0 saturated heterocycles. The van der Waals surface area contributed by atoms with E-state index in [-0.39, 0.29) is 18.0 Å². The molecule has 2 aromatic heterocycles. The SMILES string of the molecule is CCCCc1nc(C)n(CC(=O)N(C)C)c(=O)c1Cc1ccc(-c2ccccc2-c2nn[nH]n2)cc1. The van der Waals surface area contributed by atoms with Crippen LogP contribution in [0.5, 0.6) is 0 Å². The van der Waals surface area contributed by atoms with E-state index >= 15 is 0 Å². The number of carbonyl (C=O) groups excluding carboxylic acids is 1. The number of hydrogen-bond acceptors (Lipinski definition) is 6. The second-order valence-electron chi connectivity index (χ2n) is 9.02. The molecule has 0 atom stereocenters. The van der Waals surface area contributed by atoms with Crippen molar-refractivity contribution in [1.82, 2.24) is 35.1 Å². The van der Waals surface area contributed by atoms with Gasteiger partial charge in [-0.1, -0.05) is 61.9 Å². The first-order chi connectivity index (χ1) is 17.4. The molecule has 0 fully saturated rings. The van der Waals surface area contributed by atoms with Crippen molar-refractivity contribution in [3.8, 4) is 22.5 Å². The Morgan fingerprint density at radius 2 is 1.78 bits per heavy atom. The van der Waals surface area contributed by atoms with E-state index in [9.17, 15) is 9.59 Å². The van der Waals surface area contributed by atoms with E-state index in [2.05, 4.69) is 27.5 Å². The Kier molecular flexibility index (Phi) is 7.68. The van der Waals surface area contributed by atoms with Gasteiger partial charge < -0.3 is 4.90 Å². The maximum atomic E-state index is 13.5. The van der Waals surface area contributed by atoms with E-state index in [0.717, 1.165) is 47.2 Å². The lowest BCUT2D eigenvalue weighted by Crippen LogP contribution is -2.35. The van der Waals surface area contributed by atoms with Crippen LogP contribution in [0.3, 0.4) is 0 Å². The van der Waals surface area contributed by atoms with E-state index in [0.29, 0.717) is 23.6 Å². The molecule has 0 aliphatic heterocycles. The predicted molar refractivity (Wildman–Crippen MR) is 138 cm³/mol. The standard InChI is InChI=1S/C27H31N7O2/c1-5-6-11-24-23(27(36)34(18(2)28-24)17-25(35)33(3)4)16-19-12-14-20(15-13-19)21-9-7-8-10-22(21)26-29-31-32-30-26/h7-10,12-15H,5-6,11,16-17H2,1-4H3,(H,29,30,31,32). The lowest BCUT2D eigenvalue weighted by atomic mass is 9.96. The number of aryl methyl sites for hydroxylation is 2. The van der Waals surface area contributed by atoms with Gasteiger partial charge in [0.05, 0.1) is 5.69 Å². The monoisotopic (exact) mass is 485 g/mol. The number of benzene rings is 2. The summed E-state index contributed by atoms with van der Waals surface area (Å²) in [4.78, 5) is 32.1. The third-order valence-corrected chi connectivity index (χ3v) is 6.26. The number of H-pyrrole nitrogens is 1. The van der Waals surface area contributed by atoms with Gasteiger partial charge in [-0.2, -0.15) is 5.21 Å². The summed E-state index contributed by atoms with van der Waals surface area (Å²) in [6, 6.07) is 16.0. The van der Waals surface area contributed by atoms with Crippen molar-refractivity contribution in [2.75, 3.05) is 14.1 Å². The number of rotatable bonds is 9. The maximum Gasteiger partial charge on any atom is 0.257 e. The van der Waals surface area contributed by atoms with Crippen LogP contribution in [0.2, 0.25) is 0 Å². The average molecular weight is 486 g/mol. The second kappa shape index (κ2) is 11.1. The topological polar surface area (TPSA) is 110 Å². The molecule has 4 rings (SSSR count). The summed E-state index contributed by atoms with van der Waals surface area (Å²) < 4.78 is 1.49. The lowest BCUT2D eigenvalue weighted by Gasteiger charge is -2.17. The first kappa shape index (κ1) is 25.0. The molecule has 186 valence electrons. The highest BCUT2D eigenvalue weighted by Crippen LogP contribution is 2.30. The van der Waals surface area contributed by atoms with E-state index in [1.54, 1.807) is 21.0 Å². The van der Waals surface area contributed by atoms with Gasteiger partial charge in [0.2, 0.25) is 11.7 Å². The molecule has 0 bridgehead atoms. The molecule has 0 aliphatic carbocycles. The van der Waals surface area contributed by atoms with Gasteiger partial charge in [-0.15, -0.1) is 10.2 Å². The number of nitrogens with zero attached hydrogens (tertiary/aromatic N) is 6. The zero-order chi connectivity index (χ0) is 25.7. The van der Waals surface area contributed by atoms with Crippen molar-refractivity contribution in [2.45, 2.75) is 46.1 Å². The summed E-state index contributed by atoms with van der Waals surface area (Å²) in [5, 5.41) is 14.4. The van der Waals surface area contributed by atoms with Crippen LogP contribution in [0.4, 0.5) is 0 Å². The number of amides is 1. The van der Waals surface area contributed by atoms with Crippen molar-refractivity contribution in [3.63, 3.8) is 0 Å². The predicted octanol–water partition coefficient (Wildman–Crippen LogP) is 3.42. The van der Waals surface area contributed by atoms with Gasteiger partial charge in [0.15, 0.2) is 0 Å². The minimum atomic E-state index is -0.143. The molecule has 0 radical (unpaired) electrons. The molecule has 1 N–H and O–H groups in total. The summed E-state index contributed by atoms with van der Waals surface area (Å²) in [6.07, 6.45) is 3.15. The fourth-order valence-electron chi connectivity index (χ4n) is 4.16. The van der Waals surface area contributed by atoms with Crippen LogP contribution in [0, 0.1) is 6.92 Å². The fraction of sp³-hybridized carbons (Fsp3) is 0.333. The zero-order valence-electron chi connectivity index (χ0n) is 21.2. The van der Waals surface area contributed by atoms with Gasteiger partial charge in [-0.25, -0.2) is 4.98 Å². The first-order valence-electron chi connectivity index (χ1n) is 12.1. The number of aromatic nitrogens is 6. The number of carbonyl (C=O) groups is 1. The Bertz CT molecular complexity index is 1390. The molecule has 2 aromatic carbocycles. The van der Waals surface area contributed by atoms with Crippen LogP contribution in [-0.2, 0) is 24.2 Å². The van der Waals surface area contributed by atoms with Gasteiger partial charge >= 0.3 is 0 Å². The van der Waals surface area contributed by atoms with E-state index in [1.807, 2.05) is 48.5 Å². The van der Waals surface area contributed by atoms with Crippen LogP contribution in [-0.4, -0.2) is 55.1 Å². The van der Waals surface area contributed by atoms with Gasteiger partial charge in [0.25, 0.3) is 5.56 Å². The second-order valence-corrected chi connectivity index (χ2v) is 9.02. The highest BCUT2D eigenvalue weighted by molar-refractivity contribution is 5.80. The van der Waals surface area contributed by atoms with Gasteiger partial charge in [0, 0.05) is 31.6 Å². The minimum Gasteiger partial charge on any atom is -0.347 e. The Morgan fingerprint density at radius 1 is 1.06 bits per heavy atom. The Morgan fingerprint density at radius 3 is 2.42 bits per heavy atom. The third-order valence-electron chi connectivity index (χ3n) is 6.26. The fourth-order valence-corrected chi connectivity index (χ4v) is 4.16. The van der Waals surface area contributed by atoms with Gasteiger partial charge in [-0.05, 0) is 41.7 Å². The van der Waals surface area contributed by atoms with Crippen molar-refractivity contribution >= 4 is 5.91 Å². The number of hydrogen-bond donors (Lipinski definition) is 1. The summed E-state index contributed by atoms with van der Waals surface area (Å²) in [6.45, 7) is 3.89. The molecule has 0 aliphatic rings. The summed E-state index contributed by atoms with van der Waals surface area (Å²) in [5.41, 5.74) is 5.23. The van der Waals surface area contributed by atoms with Crippen LogP contribution in [0.25, 0.3) is 22.5 Å². The normalized spacial score (nSPS) is 11.0. The highest BCUT2D eigenvalue weighted by Gasteiger charge is 2.18. The molecule has 0 spiro atoms. The molecule has 0 saturated carbocycles. The number of unbranched alkanes of at least 4 members (excludes halogenated alkanes) is 1. The summed E-state index contributed by atoms with van der Waals surface area (Å²) in [5.74, 6) is 0.964. The van der Waals surface area contributed by atoms with Crippen molar-refractivity contribution < 1.29 is 4.79 Å². The van der Waals surface area contributed by atoms with Crippen molar-refractivity contribution in [1.29, 1.82) is 0 Å². The highest BCUT2D eigenvalue weighted by atomic mass is 16.2. The minimum absolute atomic E-state index is 0.0163. The molecule has 9 nitrogen and oxygen atoms in total. The maximum absolute atomic E-state index is 13.5. The van der Waals surface area contributed by atoms with E-state index in [4.69, 9.17) is 4.98 Å². The molecule has 9 heteroatoms. The van der Waals surface area contributed by atoms with Gasteiger partial charge in [0.1, 0.15) is 12.4 Å². The van der Waals surface area contributed by atoms with Crippen LogP contribution in [0.15, 0.2) is 53.3 Å². The van der Waals surface area contributed by atoms with E-state index < -0.39 is 0 Å². The largest absolute Gasteiger partial charge is 0.347 e. The molecule has 1 amide bonds. The molecule has 36 heavy (non-hydrogen) atoms. The molecular formula is C27H31N7O2. The molecule has 2 heterocycles. The van der Waals surface area contributed by atoms with Crippen LogP contribution < -0.4 is 5.56 Å². The summed E-state index contributed by atoms with van der Waals surface area (Å²) >= 11 is 0. The number of aromatic amines is 1. The van der Waals surface area contributed by atoms with Gasteiger partial charge in [-0.3, -0.25) is 14.2 Å². The average Bonchev–Trinajstić information content (AvgIpc) is 3.42. The lowest BCUT2D eigenvalue weighted by molar-refractivity contribution is -0.129. The number of nitrogens with one attached hydrogen (secondary N) is 1. The first-order valence-corrected chi connectivity index (χ1v) is 12.1. The number of likely N-dealkylation sites (N-methyl/N-ethyl adjacent to an activating group) is 1. The van der Waals surface area contributed by atoms with E-state index in [1.165, 1.54) is 9.47 Å². The Balaban J connectivity index is 1.67. The van der Waals surface area contributed by atoms with Crippen LogP contribution in [0.1, 0.15) is 42.4 Å². The smallest absolute Gasteiger partial charge is 0.257 e. The Labute approximate surface area is 210 Å². The third kappa shape index (κ3) is 5.40. The summed E-state index contributed by atoms with van der Waals surface area (Å²) in [7, 11) is 3.37. The Hall–Kier alpha value is -4.14. The van der Waals surface area contributed by atoms with Crippen LogP contribution >= 0.6 is 0 Å². The number of tetrazole rings is 1. The molecule has 4 aromatic rings. The van der Waals surface area contributed by atoms with Crippen molar-refractivity contribution in [3.05, 3.63) is 81.5 Å². The van der Waals surface area contributed by atoms with Crippen molar-refractivity contribution in [2.24, 2.45) is 0 Å². The molecule has 0 unspecified atom stereocenters.